The third-order valence-corrected chi connectivity index (χ3v) is 11.7. The molecule has 0 aliphatic heterocycles. The van der Waals surface area contributed by atoms with Gasteiger partial charge in [-0.05, 0) is 103 Å². The first-order valence-corrected chi connectivity index (χ1v) is 15.4. The molecule has 2 unspecified atom stereocenters. The summed E-state index contributed by atoms with van der Waals surface area (Å²) in [6.45, 7) is 9.76. The highest BCUT2D eigenvalue weighted by molar-refractivity contribution is 5.89. The Balaban J connectivity index is 1.26. The number of ether oxygens (including phenoxy) is 1. The molecular weight excluding hydrogens is 472 g/mol. The first-order chi connectivity index (χ1) is 18.2. The predicted molar refractivity (Wildman–Crippen MR) is 151 cm³/mol. The first-order valence-electron chi connectivity index (χ1n) is 15.4. The molecule has 0 amide bonds. The van der Waals surface area contributed by atoms with E-state index >= 15 is 0 Å². The highest BCUT2D eigenvalue weighted by Gasteiger charge is 2.61. The number of aliphatic hydroxyl groups is 2. The van der Waals surface area contributed by atoms with Crippen molar-refractivity contribution < 1.29 is 19.7 Å². The summed E-state index contributed by atoms with van der Waals surface area (Å²) in [5.41, 5.74) is 2.55. The molecule has 10 atom stereocenters. The van der Waals surface area contributed by atoms with E-state index in [1.807, 2.05) is 30.3 Å². The summed E-state index contributed by atoms with van der Waals surface area (Å²) in [4.78, 5) is 12.7. The van der Waals surface area contributed by atoms with Gasteiger partial charge in [0.1, 0.15) is 6.10 Å². The number of esters is 1. The second kappa shape index (κ2) is 11.1. The number of aliphatic hydroxyl groups excluding tert-OH is 2. The Hall–Kier alpha value is -1.65. The molecule has 0 heterocycles. The van der Waals surface area contributed by atoms with E-state index < -0.39 is 0 Å². The van der Waals surface area contributed by atoms with Gasteiger partial charge in [0.15, 0.2) is 0 Å². The van der Waals surface area contributed by atoms with Gasteiger partial charge < -0.3 is 14.9 Å². The number of hydrogen-bond donors (Lipinski definition) is 2. The fourth-order valence-electron chi connectivity index (χ4n) is 9.66. The van der Waals surface area contributed by atoms with E-state index in [0.29, 0.717) is 41.1 Å². The lowest BCUT2D eigenvalue weighted by Crippen LogP contribution is -2.51. The molecule has 0 radical (unpaired) electrons. The standard InChI is InChI=1S/C34H50O4/c1-22(21-35)9-8-10-23(2)31-30(36)20-29-27-14-13-25-19-26(38-32(37)24-11-6-5-7-12-24)15-17-33(25,3)28(27)16-18-34(29,31)4/h5-7,11-13,22-23,26-31,35-36H,8-10,14-21H2,1-4H3/t22?,23-,26+,27-,28+,29+,30?,31+,33+,34+/m1/s1. The smallest absolute Gasteiger partial charge is 0.338 e. The molecule has 210 valence electrons. The minimum atomic E-state index is -0.201. The Morgan fingerprint density at radius 1 is 1.08 bits per heavy atom. The quantitative estimate of drug-likeness (QED) is 0.280. The zero-order valence-corrected chi connectivity index (χ0v) is 24.1. The summed E-state index contributed by atoms with van der Waals surface area (Å²) in [6, 6.07) is 9.36. The number of fused-ring (bicyclic) bond motifs is 5. The van der Waals surface area contributed by atoms with Gasteiger partial charge in [0.05, 0.1) is 11.7 Å². The topological polar surface area (TPSA) is 66.8 Å². The molecular formula is C34H50O4. The van der Waals surface area contributed by atoms with E-state index in [-0.39, 0.29) is 35.6 Å². The fraction of sp³-hybridized carbons (Fsp3) is 0.735. The highest BCUT2D eigenvalue weighted by Crippen LogP contribution is 2.67. The molecule has 3 saturated carbocycles. The lowest BCUT2D eigenvalue weighted by atomic mass is 9.47. The lowest BCUT2D eigenvalue weighted by molar-refractivity contribution is -0.0638. The monoisotopic (exact) mass is 522 g/mol. The van der Waals surface area contributed by atoms with Crippen molar-refractivity contribution in [2.75, 3.05) is 6.61 Å². The first kappa shape index (κ1) is 27.9. The van der Waals surface area contributed by atoms with Crippen molar-refractivity contribution in [1.82, 2.24) is 0 Å². The van der Waals surface area contributed by atoms with Crippen LogP contribution in [0.2, 0.25) is 0 Å². The van der Waals surface area contributed by atoms with Crippen LogP contribution < -0.4 is 0 Å². The van der Waals surface area contributed by atoms with E-state index in [9.17, 15) is 15.0 Å². The van der Waals surface area contributed by atoms with Crippen LogP contribution in [0.3, 0.4) is 0 Å². The van der Waals surface area contributed by atoms with E-state index in [4.69, 9.17) is 4.74 Å². The van der Waals surface area contributed by atoms with Crippen molar-refractivity contribution in [3.05, 3.63) is 47.5 Å². The maximum absolute atomic E-state index is 12.7. The Labute approximate surface area is 230 Å². The molecule has 0 aromatic heterocycles. The van der Waals surface area contributed by atoms with Gasteiger partial charge in [-0.3, -0.25) is 0 Å². The van der Waals surface area contributed by atoms with Gasteiger partial charge in [-0.2, -0.15) is 0 Å². The van der Waals surface area contributed by atoms with Crippen LogP contribution in [0.5, 0.6) is 0 Å². The van der Waals surface area contributed by atoms with Crippen LogP contribution in [0.4, 0.5) is 0 Å². The summed E-state index contributed by atoms with van der Waals surface area (Å²) in [5.74, 6) is 2.96. The van der Waals surface area contributed by atoms with E-state index in [0.717, 1.165) is 51.4 Å². The average Bonchev–Trinajstić information content (AvgIpc) is 3.19. The van der Waals surface area contributed by atoms with Crippen molar-refractivity contribution in [3.8, 4) is 0 Å². The van der Waals surface area contributed by atoms with Crippen LogP contribution in [-0.2, 0) is 4.74 Å². The van der Waals surface area contributed by atoms with Gasteiger partial charge in [-0.1, -0.05) is 70.4 Å². The summed E-state index contributed by atoms with van der Waals surface area (Å²) < 4.78 is 5.97. The zero-order chi connectivity index (χ0) is 27.1. The molecule has 3 fully saturated rings. The van der Waals surface area contributed by atoms with Gasteiger partial charge in [0.25, 0.3) is 0 Å². The molecule has 4 heteroatoms. The second-order valence-electron chi connectivity index (χ2n) is 14.0. The van der Waals surface area contributed by atoms with Crippen LogP contribution in [0, 0.1) is 46.3 Å². The number of carbonyl (C=O) groups is 1. The minimum absolute atomic E-state index is 0.0282. The molecule has 38 heavy (non-hydrogen) atoms. The van der Waals surface area contributed by atoms with Gasteiger partial charge in [0.2, 0.25) is 0 Å². The van der Waals surface area contributed by atoms with Crippen molar-refractivity contribution in [3.63, 3.8) is 0 Å². The van der Waals surface area contributed by atoms with Crippen molar-refractivity contribution in [2.24, 2.45) is 46.3 Å². The normalized spacial score (nSPS) is 39.8. The SMILES string of the molecule is CC(CO)CCC[C@@H](C)[C@H]1C(O)C[C@H]2[C@@H]3CC=C4C[C@@H](OC(=O)c5ccccc5)CC[C@]4(C)[C@H]3CC[C@]12C. The number of rotatable bonds is 8. The lowest BCUT2D eigenvalue weighted by Gasteiger charge is -2.58. The maximum Gasteiger partial charge on any atom is 0.338 e. The summed E-state index contributed by atoms with van der Waals surface area (Å²) in [5, 5.41) is 20.8. The maximum atomic E-state index is 12.7. The average molecular weight is 523 g/mol. The summed E-state index contributed by atoms with van der Waals surface area (Å²) in [7, 11) is 0. The van der Waals surface area contributed by atoms with Crippen LogP contribution in [0.1, 0.15) is 102 Å². The molecule has 5 rings (SSSR count). The number of allylic oxidation sites excluding steroid dienone is 1. The van der Waals surface area contributed by atoms with Gasteiger partial charge in [-0.15, -0.1) is 0 Å². The van der Waals surface area contributed by atoms with Gasteiger partial charge in [-0.25, -0.2) is 4.79 Å². The second-order valence-corrected chi connectivity index (χ2v) is 14.0. The largest absolute Gasteiger partial charge is 0.458 e. The Bertz CT molecular complexity index is 1000. The molecule has 0 spiro atoms. The molecule has 2 N–H and O–H groups in total. The number of benzene rings is 1. The minimum Gasteiger partial charge on any atom is -0.458 e. The van der Waals surface area contributed by atoms with Crippen LogP contribution >= 0.6 is 0 Å². The number of hydrogen-bond acceptors (Lipinski definition) is 4. The molecule has 1 aromatic carbocycles. The van der Waals surface area contributed by atoms with Crippen LogP contribution in [0.25, 0.3) is 0 Å². The van der Waals surface area contributed by atoms with Crippen molar-refractivity contribution >= 4 is 5.97 Å². The van der Waals surface area contributed by atoms with E-state index in [2.05, 4.69) is 33.8 Å². The van der Waals surface area contributed by atoms with Gasteiger partial charge >= 0.3 is 5.97 Å². The van der Waals surface area contributed by atoms with Crippen molar-refractivity contribution in [1.29, 1.82) is 0 Å². The van der Waals surface area contributed by atoms with Crippen LogP contribution in [0.15, 0.2) is 42.0 Å². The molecule has 0 bridgehead atoms. The predicted octanol–water partition coefficient (Wildman–Crippen LogP) is 7.20. The van der Waals surface area contributed by atoms with Gasteiger partial charge in [0, 0.05) is 13.0 Å². The molecule has 0 saturated heterocycles. The summed E-state index contributed by atoms with van der Waals surface area (Å²) in [6.07, 6.45) is 13.1. The Morgan fingerprint density at radius 3 is 2.58 bits per heavy atom. The molecule has 4 aliphatic rings. The Morgan fingerprint density at radius 2 is 1.84 bits per heavy atom. The van der Waals surface area contributed by atoms with E-state index in [1.54, 1.807) is 0 Å². The van der Waals surface area contributed by atoms with Crippen molar-refractivity contribution in [2.45, 2.75) is 104 Å². The molecule has 1 aromatic rings. The Kier molecular flexibility index (Phi) is 8.14. The molecule has 4 nitrogen and oxygen atoms in total. The molecule has 4 aliphatic carbocycles. The zero-order valence-electron chi connectivity index (χ0n) is 24.1. The van der Waals surface area contributed by atoms with E-state index in [1.165, 1.54) is 18.4 Å². The number of carbonyl (C=O) groups excluding carboxylic acids is 1. The summed E-state index contributed by atoms with van der Waals surface area (Å²) >= 11 is 0. The third kappa shape index (κ3) is 5.01. The highest BCUT2D eigenvalue weighted by atomic mass is 16.5. The van der Waals surface area contributed by atoms with Crippen LogP contribution in [-0.4, -0.2) is 35.0 Å². The third-order valence-electron chi connectivity index (χ3n) is 11.7. The fourth-order valence-corrected chi connectivity index (χ4v) is 9.66.